The molecule has 0 aromatic heterocycles. The molecule has 1 amide bonds. The summed E-state index contributed by atoms with van der Waals surface area (Å²) in [6, 6.07) is 6.51. The van der Waals surface area contributed by atoms with Crippen LogP contribution >= 0.6 is 11.6 Å². The van der Waals surface area contributed by atoms with Gasteiger partial charge in [-0.25, -0.2) is 4.39 Å². The normalized spacial score (nSPS) is 12.2. The third kappa shape index (κ3) is 3.88. The van der Waals surface area contributed by atoms with Gasteiger partial charge in [0.25, 0.3) is 0 Å². The van der Waals surface area contributed by atoms with Gasteiger partial charge in [0.05, 0.1) is 0 Å². The number of amides is 1. The van der Waals surface area contributed by atoms with Crippen LogP contribution in [0.1, 0.15) is 12.5 Å². The molecule has 1 aromatic rings. The van der Waals surface area contributed by atoms with Gasteiger partial charge in [-0.3, -0.25) is 4.79 Å². The highest BCUT2D eigenvalue weighted by Crippen LogP contribution is 2.06. The second-order valence-electron chi connectivity index (χ2n) is 3.25. The van der Waals surface area contributed by atoms with Crippen molar-refractivity contribution >= 4 is 17.5 Å². The fourth-order valence-corrected chi connectivity index (χ4v) is 1.24. The fourth-order valence-electron chi connectivity index (χ4n) is 1.16. The molecule has 0 saturated carbocycles. The summed E-state index contributed by atoms with van der Waals surface area (Å²) in [5.41, 5.74) is 0.597. The largest absolute Gasteiger partial charge is 0.354 e. The predicted octanol–water partition coefficient (Wildman–Crippen LogP) is 2.11. The Bertz CT molecular complexity index is 341. The Morgan fingerprint density at radius 1 is 1.53 bits per heavy atom. The summed E-state index contributed by atoms with van der Waals surface area (Å²) in [5, 5.41) is 2.07. The van der Waals surface area contributed by atoms with Gasteiger partial charge in [0.1, 0.15) is 11.2 Å². The number of hydrogen-bond acceptors (Lipinski definition) is 1. The zero-order valence-corrected chi connectivity index (χ0v) is 9.22. The second-order valence-corrected chi connectivity index (χ2v) is 3.90. The summed E-state index contributed by atoms with van der Waals surface area (Å²) in [6.45, 7) is 2.00. The van der Waals surface area contributed by atoms with Gasteiger partial charge in [0.2, 0.25) is 5.91 Å². The topological polar surface area (TPSA) is 29.1 Å². The number of nitrogens with one attached hydrogen (secondary N) is 1. The van der Waals surface area contributed by atoms with Gasteiger partial charge >= 0.3 is 0 Å². The fraction of sp³-hybridized carbons (Fsp3) is 0.364. The van der Waals surface area contributed by atoms with Crippen LogP contribution in [0.15, 0.2) is 24.3 Å². The van der Waals surface area contributed by atoms with Crippen molar-refractivity contribution in [1.29, 1.82) is 0 Å². The molecule has 1 atom stereocenters. The standard InChI is InChI=1S/C11H13ClFNO/c1-8(12)11(15)14-7-6-9-4-2-3-5-10(9)13/h2-5,8H,6-7H2,1H3,(H,14,15). The Labute approximate surface area is 93.4 Å². The van der Waals surface area contributed by atoms with Crippen molar-refractivity contribution in [2.75, 3.05) is 6.54 Å². The third-order valence-electron chi connectivity index (χ3n) is 2.01. The molecule has 0 bridgehead atoms. The average Bonchev–Trinajstić information content (AvgIpc) is 2.20. The van der Waals surface area contributed by atoms with Crippen molar-refractivity contribution in [3.63, 3.8) is 0 Å². The molecule has 1 aromatic carbocycles. The first-order chi connectivity index (χ1) is 7.11. The number of carbonyl (C=O) groups is 1. The Balaban J connectivity index is 2.38. The molecule has 82 valence electrons. The van der Waals surface area contributed by atoms with Crippen LogP contribution in [0.3, 0.4) is 0 Å². The average molecular weight is 230 g/mol. The molecule has 0 aliphatic heterocycles. The van der Waals surface area contributed by atoms with Crippen molar-refractivity contribution in [2.45, 2.75) is 18.7 Å². The van der Waals surface area contributed by atoms with E-state index in [1.807, 2.05) is 0 Å². The minimum Gasteiger partial charge on any atom is -0.354 e. The molecule has 1 rings (SSSR count). The highest BCUT2D eigenvalue weighted by molar-refractivity contribution is 6.30. The van der Waals surface area contributed by atoms with Crippen LogP contribution in [-0.4, -0.2) is 17.8 Å². The number of benzene rings is 1. The van der Waals surface area contributed by atoms with Crippen molar-refractivity contribution in [3.05, 3.63) is 35.6 Å². The molecule has 0 spiro atoms. The lowest BCUT2D eigenvalue weighted by Crippen LogP contribution is -2.31. The number of hydrogen-bond donors (Lipinski definition) is 1. The summed E-state index contributed by atoms with van der Waals surface area (Å²) in [7, 11) is 0. The molecule has 1 unspecified atom stereocenters. The maximum Gasteiger partial charge on any atom is 0.237 e. The van der Waals surface area contributed by atoms with Gasteiger partial charge < -0.3 is 5.32 Å². The molecule has 4 heteroatoms. The van der Waals surface area contributed by atoms with E-state index < -0.39 is 5.38 Å². The maximum absolute atomic E-state index is 13.1. The molecule has 0 aliphatic carbocycles. The van der Waals surface area contributed by atoms with E-state index in [-0.39, 0.29) is 11.7 Å². The third-order valence-corrected chi connectivity index (χ3v) is 2.21. The summed E-state index contributed by atoms with van der Waals surface area (Å²) < 4.78 is 13.1. The Hall–Kier alpha value is -1.09. The van der Waals surface area contributed by atoms with Crippen LogP contribution < -0.4 is 5.32 Å². The first-order valence-corrected chi connectivity index (χ1v) is 5.20. The molecule has 15 heavy (non-hydrogen) atoms. The van der Waals surface area contributed by atoms with Crippen LogP contribution in [0, 0.1) is 5.82 Å². The monoisotopic (exact) mass is 229 g/mol. The van der Waals surface area contributed by atoms with Crippen LogP contribution in [0.5, 0.6) is 0 Å². The van der Waals surface area contributed by atoms with Crippen molar-refractivity contribution in [1.82, 2.24) is 5.32 Å². The van der Waals surface area contributed by atoms with E-state index in [0.29, 0.717) is 18.5 Å². The first-order valence-electron chi connectivity index (χ1n) is 4.76. The lowest BCUT2D eigenvalue weighted by Gasteiger charge is -2.06. The minimum absolute atomic E-state index is 0.229. The van der Waals surface area contributed by atoms with Gasteiger partial charge in [-0.1, -0.05) is 18.2 Å². The van der Waals surface area contributed by atoms with Gasteiger partial charge in [-0.05, 0) is 25.0 Å². The maximum atomic E-state index is 13.1. The highest BCUT2D eigenvalue weighted by Gasteiger charge is 2.08. The van der Waals surface area contributed by atoms with E-state index in [1.54, 1.807) is 25.1 Å². The van der Waals surface area contributed by atoms with Crippen LogP contribution in [-0.2, 0) is 11.2 Å². The molecule has 0 heterocycles. The van der Waals surface area contributed by atoms with Crippen LogP contribution in [0.2, 0.25) is 0 Å². The number of rotatable bonds is 4. The molecule has 0 fully saturated rings. The highest BCUT2D eigenvalue weighted by atomic mass is 35.5. The number of alkyl halides is 1. The van der Waals surface area contributed by atoms with Crippen LogP contribution in [0.25, 0.3) is 0 Å². The Morgan fingerprint density at radius 2 is 2.20 bits per heavy atom. The molecule has 1 N–H and O–H groups in total. The molecule has 0 radical (unpaired) electrons. The second kappa shape index (κ2) is 5.71. The van der Waals surface area contributed by atoms with E-state index >= 15 is 0 Å². The van der Waals surface area contributed by atoms with Gasteiger partial charge in [-0.2, -0.15) is 0 Å². The summed E-state index contributed by atoms with van der Waals surface area (Å²) in [5.74, 6) is -0.473. The van der Waals surface area contributed by atoms with E-state index in [4.69, 9.17) is 11.6 Å². The zero-order valence-electron chi connectivity index (χ0n) is 8.47. The van der Waals surface area contributed by atoms with Gasteiger partial charge in [0, 0.05) is 6.54 Å². The van der Waals surface area contributed by atoms with Crippen LogP contribution in [0.4, 0.5) is 4.39 Å². The summed E-state index contributed by atoms with van der Waals surface area (Å²) in [6.07, 6.45) is 0.474. The zero-order chi connectivity index (χ0) is 11.3. The number of carbonyl (C=O) groups excluding carboxylic acids is 1. The van der Waals surface area contributed by atoms with Crippen molar-refractivity contribution in [3.8, 4) is 0 Å². The van der Waals surface area contributed by atoms with Crippen molar-refractivity contribution in [2.24, 2.45) is 0 Å². The lowest BCUT2D eigenvalue weighted by atomic mass is 10.1. The number of halogens is 2. The molecule has 0 saturated heterocycles. The SMILES string of the molecule is CC(Cl)C(=O)NCCc1ccccc1F. The molecule has 2 nitrogen and oxygen atoms in total. The van der Waals surface area contributed by atoms with Crippen molar-refractivity contribution < 1.29 is 9.18 Å². The van der Waals surface area contributed by atoms with Gasteiger partial charge in [-0.15, -0.1) is 11.6 Å². The Morgan fingerprint density at radius 3 is 2.80 bits per heavy atom. The molecule has 0 aliphatic rings. The van der Waals surface area contributed by atoms with E-state index in [1.165, 1.54) is 6.07 Å². The minimum atomic E-state index is -0.550. The van der Waals surface area contributed by atoms with Gasteiger partial charge in [0.15, 0.2) is 0 Å². The summed E-state index contributed by atoms with van der Waals surface area (Å²) >= 11 is 5.56. The predicted molar refractivity (Wildman–Crippen MR) is 58.4 cm³/mol. The Kier molecular flexibility index (Phi) is 4.56. The smallest absolute Gasteiger partial charge is 0.237 e. The quantitative estimate of drug-likeness (QED) is 0.788. The molecular weight excluding hydrogens is 217 g/mol. The summed E-state index contributed by atoms with van der Waals surface area (Å²) in [4.78, 5) is 11.1. The lowest BCUT2D eigenvalue weighted by molar-refractivity contribution is -0.120. The van der Waals surface area contributed by atoms with E-state index in [0.717, 1.165) is 0 Å². The van der Waals surface area contributed by atoms with E-state index in [2.05, 4.69) is 5.32 Å². The molecular formula is C11H13ClFNO. The van der Waals surface area contributed by atoms with E-state index in [9.17, 15) is 9.18 Å². The first kappa shape index (κ1) is 12.0.